The fourth-order valence-corrected chi connectivity index (χ4v) is 5.46. The summed E-state index contributed by atoms with van der Waals surface area (Å²) in [7, 11) is 3.75. The van der Waals surface area contributed by atoms with Gasteiger partial charge in [-0.25, -0.2) is 0 Å². The fourth-order valence-electron chi connectivity index (χ4n) is 5.10. The first kappa shape index (κ1) is 27.8. The number of carbonyl (C=O) groups is 1. The van der Waals surface area contributed by atoms with Gasteiger partial charge in [-0.3, -0.25) is 10.1 Å². The molecule has 0 spiro atoms. The molecular weight excluding hydrogens is 483 g/mol. The number of ether oxygens (including phenoxy) is 2. The smallest absolute Gasteiger partial charge is 0.162 e. The number of Topliss-reactive ketones (excluding diaryl/α,β-unsaturated/α-hetero) is 1. The zero-order valence-corrected chi connectivity index (χ0v) is 23.2. The van der Waals surface area contributed by atoms with E-state index < -0.39 is 6.10 Å². The third-order valence-electron chi connectivity index (χ3n) is 7.05. The van der Waals surface area contributed by atoms with Gasteiger partial charge in [0.1, 0.15) is 11.5 Å². The molecule has 0 bridgehead atoms. The maximum Gasteiger partial charge on any atom is 0.162 e. The quantitative estimate of drug-likeness (QED) is 0.277. The van der Waals surface area contributed by atoms with Gasteiger partial charge in [-0.15, -0.1) is 8.86 Å². The normalized spacial score (nSPS) is 17.2. The van der Waals surface area contributed by atoms with Crippen molar-refractivity contribution in [3.8, 4) is 11.5 Å². The molecule has 37 heavy (non-hydrogen) atoms. The predicted octanol–water partition coefficient (Wildman–Crippen LogP) is 5.21. The van der Waals surface area contributed by atoms with E-state index in [2.05, 4.69) is 25.1 Å². The summed E-state index contributed by atoms with van der Waals surface area (Å²) in [5, 5.41) is 14.9. The average molecular weight is 525 g/mol. The lowest BCUT2D eigenvalue weighted by Gasteiger charge is -2.30. The Kier molecular flexibility index (Phi) is 10.2. The lowest BCUT2D eigenvalue weighted by atomic mass is 9.97. The molecule has 1 fully saturated rings. The van der Waals surface area contributed by atoms with Crippen LogP contribution in [0.1, 0.15) is 80.0 Å². The summed E-state index contributed by atoms with van der Waals surface area (Å²) in [6.07, 6.45) is 5.78. The van der Waals surface area contributed by atoms with Gasteiger partial charge in [0.15, 0.2) is 5.78 Å². The number of fused-ring (bicyclic) bond motifs is 1. The van der Waals surface area contributed by atoms with Crippen LogP contribution in [0.15, 0.2) is 42.5 Å². The molecule has 6 nitrogen and oxygen atoms in total. The van der Waals surface area contributed by atoms with Gasteiger partial charge >= 0.3 is 0 Å². The summed E-state index contributed by atoms with van der Waals surface area (Å²) in [4.78, 5) is 15.1. The molecule has 0 aliphatic carbocycles. The molecule has 4 rings (SSSR count). The first-order chi connectivity index (χ1) is 17.9. The number of hydrogen-bond donors (Lipinski definition) is 2. The van der Waals surface area contributed by atoms with Crippen molar-refractivity contribution in [3.05, 3.63) is 59.2 Å². The summed E-state index contributed by atoms with van der Waals surface area (Å²) < 4.78 is 11.5. The van der Waals surface area contributed by atoms with E-state index in [1.54, 1.807) is 0 Å². The highest BCUT2D eigenvalue weighted by Gasteiger charge is 2.26. The zero-order valence-electron chi connectivity index (χ0n) is 22.2. The van der Waals surface area contributed by atoms with E-state index in [0.717, 1.165) is 61.6 Å². The second-order valence-electron chi connectivity index (χ2n) is 10.5. The third kappa shape index (κ3) is 8.12. The Morgan fingerprint density at radius 1 is 1.11 bits per heavy atom. The monoisotopic (exact) mass is 524 g/mol. The molecule has 0 aromatic heterocycles. The van der Waals surface area contributed by atoms with Crippen LogP contribution in [0.2, 0.25) is 0 Å². The molecule has 2 aliphatic heterocycles. The Morgan fingerprint density at radius 2 is 1.86 bits per heavy atom. The van der Waals surface area contributed by atoms with E-state index in [9.17, 15) is 9.90 Å². The van der Waals surface area contributed by atoms with Crippen LogP contribution in [0.25, 0.3) is 0 Å². The maximum atomic E-state index is 12.7. The second-order valence-corrected chi connectivity index (χ2v) is 11.1. The number of aliphatic hydroxyl groups is 1. The van der Waals surface area contributed by atoms with Crippen LogP contribution in [0.4, 0.5) is 0 Å². The lowest BCUT2D eigenvalue weighted by Crippen LogP contribution is -2.46. The third-order valence-corrected chi connectivity index (χ3v) is 7.45. The molecule has 0 radical (unpaired) electrons. The van der Waals surface area contributed by atoms with Gasteiger partial charge in [0.25, 0.3) is 0 Å². The molecule has 0 saturated carbocycles. The van der Waals surface area contributed by atoms with Crippen LogP contribution < -0.4 is 14.8 Å². The first-order valence-electron chi connectivity index (χ1n) is 13.7. The number of nitrogens with one attached hydrogen (secondary N) is 1. The number of rotatable bonds is 13. The van der Waals surface area contributed by atoms with E-state index >= 15 is 0 Å². The number of aliphatic hydroxyl groups excluding tert-OH is 1. The summed E-state index contributed by atoms with van der Waals surface area (Å²) in [5.74, 6) is 1.80. The Hall–Kier alpha value is -2.24. The number of aryl methyl sites for hydroxylation is 1. The van der Waals surface area contributed by atoms with Crippen LogP contribution in [-0.2, 0) is 6.42 Å². The van der Waals surface area contributed by atoms with Crippen LogP contribution in [0.3, 0.4) is 0 Å². The van der Waals surface area contributed by atoms with Crippen molar-refractivity contribution < 1.29 is 19.4 Å². The van der Waals surface area contributed by atoms with E-state index in [1.165, 1.54) is 18.4 Å². The number of nitrogens with zero attached hydrogens (tertiary/aromatic N) is 1. The van der Waals surface area contributed by atoms with E-state index in [1.807, 2.05) is 50.2 Å². The van der Waals surface area contributed by atoms with E-state index in [-0.39, 0.29) is 17.9 Å². The Balaban J connectivity index is 1.32. The standard InChI is InChI=1S/C30H41N2O4P/c1-21(2)36-25-14-12-22(13-15-25)27(33)8-5-9-29(37)31-26(20-32-16-3-4-17-32)30(34)24-11-10-23-7-6-18-35-28(23)19-24/h10-15,19,21,26,30-31,34,37H,3-9,16-18,20H2,1-2H3/t26-,30-/m1/s1. The van der Waals surface area contributed by atoms with Crippen molar-refractivity contribution in [2.45, 2.75) is 77.0 Å². The molecule has 2 atom stereocenters. The second kappa shape index (κ2) is 13.5. The van der Waals surface area contributed by atoms with Gasteiger partial charge < -0.3 is 19.5 Å². The maximum absolute atomic E-state index is 12.7. The van der Waals surface area contributed by atoms with Crippen molar-refractivity contribution in [2.24, 2.45) is 0 Å². The highest BCUT2D eigenvalue weighted by Crippen LogP contribution is 2.30. The molecule has 2 heterocycles. The molecular formula is C30H41N2O4P. The Labute approximate surface area is 223 Å². The minimum atomic E-state index is -0.670. The van der Waals surface area contributed by atoms with Crippen molar-refractivity contribution >= 4 is 20.1 Å². The van der Waals surface area contributed by atoms with Crippen molar-refractivity contribution in [3.63, 3.8) is 0 Å². The van der Waals surface area contributed by atoms with E-state index in [0.29, 0.717) is 24.8 Å². The summed E-state index contributed by atoms with van der Waals surface area (Å²) in [5.41, 5.74) is 3.70. The minimum Gasteiger partial charge on any atom is -0.493 e. The Bertz CT molecular complexity index is 1050. The van der Waals surface area contributed by atoms with Crippen molar-refractivity contribution in [1.82, 2.24) is 10.2 Å². The first-order valence-corrected chi connectivity index (χ1v) is 14.2. The highest BCUT2D eigenvalue weighted by atomic mass is 31.0. The molecule has 2 aromatic carbocycles. The van der Waals surface area contributed by atoms with Gasteiger partial charge in [-0.1, -0.05) is 12.1 Å². The van der Waals surface area contributed by atoms with Gasteiger partial charge in [0.05, 0.1) is 24.9 Å². The zero-order chi connectivity index (χ0) is 26.2. The van der Waals surface area contributed by atoms with E-state index in [4.69, 9.17) is 9.47 Å². The molecule has 1 saturated heterocycles. The van der Waals surface area contributed by atoms with Gasteiger partial charge in [-0.05, 0) is 107 Å². The van der Waals surface area contributed by atoms with Crippen LogP contribution in [0, 0.1) is 0 Å². The van der Waals surface area contributed by atoms with Gasteiger partial charge in [0, 0.05) is 23.9 Å². The number of hydrogen-bond acceptors (Lipinski definition) is 5. The Morgan fingerprint density at radius 3 is 2.59 bits per heavy atom. The van der Waals surface area contributed by atoms with Crippen LogP contribution in [0.5, 0.6) is 11.5 Å². The average Bonchev–Trinajstić information content (AvgIpc) is 3.41. The minimum absolute atomic E-state index is 0.107. The summed E-state index contributed by atoms with van der Waals surface area (Å²) >= 11 is 0. The van der Waals surface area contributed by atoms with Gasteiger partial charge in [0.2, 0.25) is 0 Å². The summed E-state index contributed by atoms with van der Waals surface area (Å²) in [6, 6.07) is 13.3. The topological polar surface area (TPSA) is 71.0 Å². The predicted molar refractivity (Wildman–Crippen MR) is 152 cm³/mol. The highest BCUT2D eigenvalue weighted by molar-refractivity contribution is 7.20. The lowest BCUT2D eigenvalue weighted by molar-refractivity contribution is 0.0980. The SMILES string of the molecule is CC(C)Oc1ccc(C(=O)CCCC(=P)N[C@H](CN2CCCC2)[C@H](O)c2ccc3c(c2)OCCC3)cc1. The number of likely N-dealkylation sites (tertiary alicyclic amines) is 1. The molecule has 200 valence electrons. The van der Waals surface area contributed by atoms with Crippen LogP contribution >= 0.6 is 8.86 Å². The molecule has 2 N–H and O–H groups in total. The fraction of sp³-hybridized carbons (Fsp3) is 0.533. The molecule has 2 aromatic rings. The van der Waals surface area contributed by atoms with Crippen molar-refractivity contribution in [1.29, 1.82) is 0 Å². The number of ketones is 1. The number of carbonyl (C=O) groups excluding carboxylic acids is 1. The molecule has 7 heteroatoms. The summed E-state index contributed by atoms with van der Waals surface area (Å²) in [6.45, 7) is 7.58. The molecule has 2 aliphatic rings. The number of benzene rings is 2. The van der Waals surface area contributed by atoms with Crippen LogP contribution in [-0.4, -0.2) is 59.6 Å². The van der Waals surface area contributed by atoms with Crippen molar-refractivity contribution in [2.75, 3.05) is 26.2 Å². The van der Waals surface area contributed by atoms with Gasteiger partial charge in [-0.2, -0.15) is 0 Å². The molecule has 0 amide bonds. The molecule has 0 unspecified atom stereocenters. The largest absolute Gasteiger partial charge is 0.493 e.